The highest BCUT2D eigenvalue weighted by atomic mass is 35.5. The summed E-state index contributed by atoms with van der Waals surface area (Å²) in [7, 11) is 0. The highest BCUT2D eigenvalue weighted by Crippen LogP contribution is 2.24. The molecule has 1 atom stereocenters. The number of hydrogen-bond donors (Lipinski definition) is 2. The lowest BCUT2D eigenvalue weighted by atomic mass is 9.82. The lowest BCUT2D eigenvalue weighted by Crippen LogP contribution is -2.29. The maximum atomic E-state index is 5.96. The molecule has 3 heteroatoms. The van der Waals surface area contributed by atoms with Crippen molar-refractivity contribution < 1.29 is 0 Å². The van der Waals surface area contributed by atoms with Crippen molar-refractivity contribution in [2.24, 2.45) is 11.3 Å². The van der Waals surface area contributed by atoms with Crippen molar-refractivity contribution in [2.45, 2.75) is 34.2 Å². The van der Waals surface area contributed by atoms with Crippen LogP contribution in [0, 0.1) is 11.3 Å². The molecule has 3 N–H and O–H groups in total. The van der Waals surface area contributed by atoms with Gasteiger partial charge in [0, 0.05) is 17.3 Å². The van der Waals surface area contributed by atoms with E-state index in [-0.39, 0.29) is 0 Å². The summed E-state index contributed by atoms with van der Waals surface area (Å²) < 4.78 is 0. The van der Waals surface area contributed by atoms with Crippen molar-refractivity contribution in [3.63, 3.8) is 0 Å². The zero-order valence-corrected chi connectivity index (χ0v) is 11.9. The minimum absolute atomic E-state index is 0.334. The predicted octanol–water partition coefficient (Wildman–Crippen LogP) is 3.69. The molecule has 0 bridgehead atoms. The molecule has 0 heterocycles. The summed E-state index contributed by atoms with van der Waals surface area (Å²) in [5.41, 5.74) is 7.94. The van der Waals surface area contributed by atoms with Gasteiger partial charge in [0.05, 0.1) is 0 Å². The van der Waals surface area contributed by atoms with Crippen LogP contribution in [-0.4, -0.2) is 6.54 Å². The van der Waals surface area contributed by atoms with Gasteiger partial charge in [0.2, 0.25) is 0 Å². The number of benzene rings is 1. The molecule has 1 aromatic carbocycles. The van der Waals surface area contributed by atoms with Crippen molar-refractivity contribution in [3.05, 3.63) is 28.8 Å². The van der Waals surface area contributed by atoms with E-state index in [2.05, 4.69) is 33.0 Å². The minimum atomic E-state index is 0.334. The van der Waals surface area contributed by atoms with E-state index in [9.17, 15) is 0 Å². The van der Waals surface area contributed by atoms with Crippen LogP contribution in [0.5, 0.6) is 0 Å². The van der Waals surface area contributed by atoms with Crippen molar-refractivity contribution in [3.8, 4) is 0 Å². The van der Waals surface area contributed by atoms with Gasteiger partial charge in [0.25, 0.3) is 0 Å². The maximum Gasteiger partial charge on any atom is 0.0429 e. The lowest BCUT2D eigenvalue weighted by molar-refractivity contribution is 0.252. The normalized spacial score (nSPS) is 13.7. The molecule has 1 unspecified atom stereocenters. The smallest absolute Gasteiger partial charge is 0.0429 e. The van der Waals surface area contributed by atoms with Gasteiger partial charge >= 0.3 is 0 Å². The molecule has 0 aliphatic carbocycles. The summed E-state index contributed by atoms with van der Waals surface area (Å²) in [5, 5.41) is 4.15. The number of hydrogen-bond acceptors (Lipinski definition) is 2. The fourth-order valence-corrected chi connectivity index (χ4v) is 1.78. The average molecular weight is 255 g/mol. The van der Waals surface area contributed by atoms with E-state index in [1.54, 1.807) is 6.07 Å². The molecule has 17 heavy (non-hydrogen) atoms. The van der Waals surface area contributed by atoms with Gasteiger partial charge in [-0.1, -0.05) is 39.3 Å². The minimum Gasteiger partial charge on any atom is -0.399 e. The zero-order chi connectivity index (χ0) is 13.1. The summed E-state index contributed by atoms with van der Waals surface area (Å²) in [6.45, 7) is 10.9. The third kappa shape index (κ3) is 4.97. The average Bonchev–Trinajstić information content (AvgIpc) is 2.14. The summed E-state index contributed by atoms with van der Waals surface area (Å²) in [5.74, 6) is 0.624. The Morgan fingerprint density at radius 3 is 2.47 bits per heavy atom. The molecule has 1 rings (SSSR count). The summed E-state index contributed by atoms with van der Waals surface area (Å²) in [6, 6.07) is 5.68. The van der Waals surface area contributed by atoms with E-state index in [1.165, 1.54) is 0 Å². The summed E-state index contributed by atoms with van der Waals surface area (Å²) in [6.07, 6.45) is 0. The molecular weight excluding hydrogens is 232 g/mol. The highest BCUT2D eigenvalue weighted by Gasteiger charge is 2.19. The molecule has 0 saturated heterocycles. The predicted molar refractivity (Wildman–Crippen MR) is 76.2 cm³/mol. The number of rotatable bonds is 4. The van der Waals surface area contributed by atoms with Crippen molar-refractivity contribution in [1.29, 1.82) is 0 Å². The SMILES string of the molecule is CC(CNCc1cc(N)cc(Cl)c1)C(C)(C)C. The van der Waals surface area contributed by atoms with Crippen LogP contribution in [0.25, 0.3) is 0 Å². The van der Waals surface area contributed by atoms with Crippen LogP contribution in [0.4, 0.5) is 5.69 Å². The molecule has 96 valence electrons. The van der Waals surface area contributed by atoms with Crippen molar-refractivity contribution >= 4 is 17.3 Å². The quantitative estimate of drug-likeness (QED) is 0.805. The van der Waals surface area contributed by atoms with Crippen LogP contribution in [-0.2, 0) is 6.54 Å². The number of anilines is 1. The first-order valence-corrected chi connectivity index (χ1v) is 6.42. The van der Waals surface area contributed by atoms with Crippen LogP contribution >= 0.6 is 11.6 Å². The first kappa shape index (κ1) is 14.3. The molecule has 1 aromatic rings. The van der Waals surface area contributed by atoms with Gasteiger partial charge < -0.3 is 11.1 Å². The Hall–Kier alpha value is -0.730. The molecule has 0 spiro atoms. The second-order valence-corrected chi connectivity index (χ2v) is 6.23. The van der Waals surface area contributed by atoms with Crippen LogP contribution < -0.4 is 11.1 Å². The van der Waals surface area contributed by atoms with Gasteiger partial charge in [-0.3, -0.25) is 0 Å². The largest absolute Gasteiger partial charge is 0.399 e. The van der Waals surface area contributed by atoms with Crippen LogP contribution in [0.2, 0.25) is 5.02 Å². The molecule has 0 aromatic heterocycles. The van der Waals surface area contributed by atoms with Gasteiger partial charge in [-0.25, -0.2) is 0 Å². The van der Waals surface area contributed by atoms with E-state index >= 15 is 0 Å². The van der Waals surface area contributed by atoms with Gasteiger partial charge in [-0.2, -0.15) is 0 Å². The van der Waals surface area contributed by atoms with E-state index in [0.717, 1.165) is 24.3 Å². The standard InChI is InChI=1S/C14H23ClN2/c1-10(14(2,3)4)8-17-9-11-5-12(15)7-13(16)6-11/h5-7,10,17H,8-9,16H2,1-4H3. The van der Waals surface area contributed by atoms with Gasteiger partial charge in [-0.15, -0.1) is 0 Å². The van der Waals surface area contributed by atoms with Crippen molar-refractivity contribution in [2.75, 3.05) is 12.3 Å². The fourth-order valence-electron chi connectivity index (χ4n) is 1.52. The molecular formula is C14H23ClN2. The Bertz CT molecular complexity index is 349. The zero-order valence-electron chi connectivity index (χ0n) is 11.2. The van der Waals surface area contributed by atoms with Gasteiger partial charge in [0.1, 0.15) is 0 Å². The molecule has 2 nitrogen and oxygen atoms in total. The number of halogens is 1. The molecule has 0 saturated carbocycles. The maximum absolute atomic E-state index is 5.96. The van der Waals surface area contributed by atoms with Crippen LogP contribution in [0.1, 0.15) is 33.3 Å². The second-order valence-electron chi connectivity index (χ2n) is 5.79. The van der Waals surface area contributed by atoms with Gasteiger partial charge in [0.15, 0.2) is 0 Å². The first-order chi connectivity index (χ1) is 7.79. The van der Waals surface area contributed by atoms with E-state index < -0.39 is 0 Å². The van der Waals surface area contributed by atoms with E-state index in [1.807, 2.05) is 12.1 Å². The molecule has 0 aliphatic rings. The topological polar surface area (TPSA) is 38.0 Å². The Kier molecular flexibility index (Phi) is 4.84. The van der Waals surface area contributed by atoms with Gasteiger partial charge in [-0.05, 0) is 41.6 Å². The van der Waals surface area contributed by atoms with Crippen LogP contribution in [0.3, 0.4) is 0 Å². The lowest BCUT2D eigenvalue weighted by Gasteiger charge is -2.27. The van der Waals surface area contributed by atoms with E-state index in [0.29, 0.717) is 16.4 Å². The van der Waals surface area contributed by atoms with Crippen molar-refractivity contribution in [1.82, 2.24) is 5.32 Å². The first-order valence-electron chi connectivity index (χ1n) is 6.04. The third-order valence-electron chi connectivity index (χ3n) is 3.24. The Morgan fingerprint density at radius 2 is 1.94 bits per heavy atom. The molecule has 0 amide bonds. The Labute approximate surface area is 110 Å². The summed E-state index contributed by atoms with van der Waals surface area (Å²) in [4.78, 5) is 0. The second kappa shape index (κ2) is 5.74. The summed E-state index contributed by atoms with van der Waals surface area (Å²) >= 11 is 5.96. The molecule has 0 fully saturated rings. The fraction of sp³-hybridized carbons (Fsp3) is 0.571. The monoisotopic (exact) mass is 254 g/mol. The number of nitrogen functional groups attached to an aromatic ring is 1. The van der Waals surface area contributed by atoms with E-state index in [4.69, 9.17) is 17.3 Å². The molecule has 0 radical (unpaired) electrons. The Balaban J connectivity index is 2.46. The third-order valence-corrected chi connectivity index (χ3v) is 3.46. The molecule has 0 aliphatic heterocycles. The Morgan fingerprint density at radius 1 is 1.29 bits per heavy atom. The highest BCUT2D eigenvalue weighted by molar-refractivity contribution is 6.30. The number of nitrogens with two attached hydrogens (primary N) is 1. The number of nitrogens with one attached hydrogen (secondary N) is 1. The van der Waals surface area contributed by atoms with Crippen LogP contribution in [0.15, 0.2) is 18.2 Å².